The van der Waals surface area contributed by atoms with Crippen molar-refractivity contribution in [2.45, 2.75) is 0 Å². The van der Waals surface area contributed by atoms with E-state index in [0.29, 0.717) is 11.6 Å². The fourth-order valence-corrected chi connectivity index (χ4v) is 3.99. The molecule has 146 valence electrons. The average Bonchev–Trinajstić information content (AvgIpc) is 3.24. The molecular formula is C27H17N3O. The zero-order valence-electron chi connectivity index (χ0n) is 16.6. The lowest BCUT2D eigenvalue weighted by atomic mass is 10.0. The minimum absolute atomic E-state index is 0.632. The molecular weight excluding hydrogens is 382 g/mol. The van der Waals surface area contributed by atoms with Crippen LogP contribution in [-0.2, 0) is 0 Å². The third kappa shape index (κ3) is 3.06. The average molecular weight is 399 g/mol. The molecule has 0 aliphatic heterocycles. The summed E-state index contributed by atoms with van der Waals surface area (Å²) in [5.74, 6) is 1.28. The zero-order valence-corrected chi connectivity index (χ0v) is 16.6. The van der Waals surface area contributed by atoms with E-state index >= 15 is 0 Å². The highest BCUT2D eigenvalue weighted by molar-refractivity contribution is 6.11. The van der Waals surface area contributed by atoms with Gasteiger partial charge in [0.2, 0.25) is 0 Å². The van der Waals surface area contributed by atoms with Crippen molar-refractivity contribution < 1.29 is 4.42 Å². The fourth-order valence-electron chi connectivity index (χ4n) is 3.99. The molecule has 4 nitrogen and oxygen atoms in total. The van der Waals surface area contributed by atoms with E-state index < -0.39 is 0 Å². The summed E-state index contributed by atoms with van der Waals surface area (Å²) in [5.41, 5.74) is 5.86. The molecule has 31 heavy (non-hydrogen) atoms. The quantitative estimate of drug-likeness (QED) is 0.329. The highest BCUT2D eigenvalue weighted by Crippen LogP contribution is 2.35. The lowest BCUT2D eigenvalue weighted by Gasteiger charge is -2.07. The van der Waals surface area contributed by atoms with Gasteiger partial charge in [0.05, 0.1) is 0 Å². The van der Waals surface area contributed by atoms with Gasteiger partial charge in [-0.05, 0) is 29.3 Å². The van der Waals surface area contributed by atoms with Crippen molar-refractivity contribution in [3.8, 4) is 33.9 Å². The molecule has 0 saturated carbocycles. The van der Waals surface area contributed by atoms with Crippen LogP contribution < -0.4 is 0 Å². The maximum atomic E-state index is 6.02. The number of benzene rings is 4. The number of para-hydroxylation sites is 1. The molecule has 4 aromatic carbocycles. The Bertz CT molecular complexity index is 1540. The van der Waals surface area contributed by atoms with Crippen molar-refractivity contribution in [3.05, 3.63) is 103 Å². The van der Waals surface area contributed by atoms with Gasteiger partial charge in [-0.3, -0.25) is 0 Å². The number of fused-ring (bicyclic) bond motifs is 3. The van der Waals surface area contributed by atoms with Gasteiger partial charge in [0.15, 0.2) is 11.6 Å². The highest BCUT2D eigenvalue weighted by atomic mass is 16.3. The first-order valence-electron chi connectivity index (χ1n) is 10.1. The van der Waals surface area contributed by atoms with Crippen LogP contribution in [0.1, 0.15) is 0 Å². The van der Waals surface area contributed by atoms with Crippen molar-refractivity contribution in [2.75, 3.05) is 0 Å². The molecule has 0 spiro atoms. The van der Waals surface area contributed by atoms with E-state index in [2.05, 4.69) is 40.3 Å². The van der Waals surface area contributed by atoms with Crippen molar-refractivity contribution in [1.29, 1.82) is 0 Å². The summed E-state index contributed by atoms with van der Waals surface area (Å²) >= 11 is 0. The summed E-state index contributed by atoms with van der Waals surface area (Å²) in [7, 11) is 0. The molecule has 0 atom stereocenters. The van der Waals surface area contributed by atoms with E-state index in [1.54, 1.807) is 6.33 Å². The summed E-state index contributed by atoms with van der Waals surface area (Å²) in [6.07, 6.45) is 1.58. The van der Waals surface area contributed by atoms with Crippen LogP contribution in [0.2, 0.25) is 0 Å². The minimum atomic E-state index is 0.632. The van der Waals surface area contributed by atoms with Crippen molar-refractivity contribution >= 4 is 21.9 Å². The molecule has 2 heterocycles. The molecule has 6 rings (SSSR count). The third-order valence-electron chi connectivity index (χ3n) is 5.44. The van der Waals surface area contributed by atoms with Gasteiger partial charge in [0.1, 0.15) is 17.5 Å². The van der Waals surface area contributed by atoms with E-state index in [1.807, 2.05) is 66.7 Å². The molecule has 6 aromatic rings. The number of aromatic nitrogens is 3. The van der Waals surface area contributed by atoms with E-state index in [0.717, 1.165) is 44.2 Å². The van der Waals surface area contributed by atoms with Crippen molar-refractivity contribution in [1.82, 2.24) is 15.0 Å². The molecule has 0 bridgehead atoms. The Labute approximate surface area is 178 Å². The lowest BCUT2D eigenvalue weighted by Crippen LogP contribution is -1.95. The van der Waals surface area contributed by atoms with Crippen LogP contribution in [0.25, 0.3) is 55.8 Å². The van der Waals surface area contributed by atoms with Gasteiger partial charge in [-0.1, -0.05) is 78.9 Å². The Morgan fingerprint density at radius 3 is 2.19 bits per heavy atom. The Morgan fingerprint density at radius 1 is 0.548 bits per heavy atom. The summed E-state index contributed by atoms with van der Waals surface area (Å²) in [6.45, 7) is 0. The smallest absolute Gasteiger partial charge is 0.164 e. The standard InChI is InChI=1S/C27H17N3O/c1-2-8-18(9-3-1)19-10-6-11-20(16-19)26-28-17-29-27(30-26)22-13-7-15-24-25(22)21-12-4-5-14-23(21)31-24/h1-17H. The Hall–Kier alpha value is -4.31. The second kappa shape index (κ2) is 7.18. The molecule has 2 aromatic heterocycles. The van der Waals surface area contributed by atoms with E-state index in [-0.39, 0.29) is 0 Å². The Kier molecular flexibility index (Phi) is 4.06. The van der Waals surface area contributed by atoms with E-state index in [9.17, 15) is 0 Å². The maximum Gasteiger partial charge on any atom is 0.164 e. The summed E-state index contributed by atoms with van der Waals surface area (Å²) in [5, 5.41) is 2.08. The summed E-state index contributed by atoms with van der Waals surface area (Å²) < 4.78 is 6.02. The highest BCUT2D eigenvalue weighted by Gasteiger charge is 2.15. The van der Waals surface area contributed by atoms with Crippen LogP contribution in [0.4, 0.5) is 0 Å². The van der Waals surface area contributed by atoms with Crippen LogP contribution in [0.5, 0.6) is 0 Å². The molecule has 0 radical (unpaired) electrons. The largest absolute Gasteiger partial charge is 0.456 e. The van der Waals surface area contributed by atoms with Crippen LogP contribution in [-0.4, -0.2) is 15.0 Å². The SMILES string of the molecule is c1ccc(-c2cccc(-c3ncnc(-c4cccc5oc6ccccc6c45)n3)c2)cc1. The Morgan fingerprint density at radius 2 is 1.26 bits per heavy atom. The van der Waals surface area contributed by atoms with Gasteiger partial charge < -0.3 is 4.42 Å². The first kappa shape index (κ1) is 17.5. The maximum absolute atomic E-state index is 6.02. The first-order chi connectivity index (χ1) is 15.4. The fraction of sp³-hybridized carbons (Fsp3) is 0. The molecule has 0 unspecified atom stereocenters. The van der Waals surface area contributed by atoms with Gasteiger partial charge >= 0.3 is 0 Å². The number of furan rings is 1. The van der Waals surface area contributed by atoms with Crippen molar-refractivity contribution in [3.63, 3.8) is 0 Å². The van der Waals surface area contributed by atoms with E-state index in [1.165, 1.54) is 0 Å². The molecule has 0 fully saturated rings. The van der Waals surface area contributed by atoms with Crippen LogP contribution >= 0.6 is 0 Å². The van der Waals surface area contributed by atoms with Gasteiger partial charge in [-0.15, -0.1) is 0 Å². The second-order valence-corrected chi connectivity index (χ2v) is 7.36. The van der Waals surface area contributed by atoms with Crippen LogP contribution in [0.3, 0.4) is 0 Å². The predicted molar refractivity (Wildman–Crippen MR) is 123 cm³/mol. The number of hydrogen-bond acceptors (Lipinski definition) is 4. The van der Waals surface area contributed by atoms with Gasteiger partial charge in [-0.2, -0.15) is 0 Å². The molecule has 0 saturated heterocycles. The van der Waals surface area contributed by atoms with Crippen LogP contribution in [0.15, 0.2) is 108 Å². The second-order valence-electron chi connectivity index (χ2n) is 7.36. The topological polar surface area (TPSA) is 51.8 Å². The third-order valence-corrected chi connectivity index (χ3v) is 5.44. The van der Waals surface area contributed by atoms with Crippen LogP contribution in [0, 0.1) is 0 Å². The van der Waals surface area contributed by atoms with Gasteiger partial charge in [-0.25, -0.2) is 15.0 Å². The number of rotatable bonds is 3. The van der Waals surface area contributed by atoms with Crippen molar-refractivity contribution in [2.24, 2.45) is 0 Å². The molecule has 0 aliphatic carbocycles. The molecule has 4 heteroatoms. The first-order valence-corrected chi connectivity index (χ1v) is 10.1. The monoisotopic (exact) mass is 399 g/mol. The summed E-state index contributed by atoms with van der Waals surface area (Å²) in [4.78, 5) is 13.8. The number of nitrogens with zero attached hydrogens (tertiary/aromatic N) is 3. The number of hydrogen-bond donors (Lipinski definition) is 0. The predicted octanol–water partition coefficient (Wildman–Crippen LogP) is 6.77. The van der Waals surface area contributed by atoms with Gasteiger partial charge in [0, 0.05) is 21.9 Å². The lowest BCUT2D eigenvalue weighted by molar-refractivity contribution is 0.669. The molecule has 0 amide bonds. The normalized spacial score (nSPS) is 11.2. The Balaban J connectivity index is 1.49. The molecule has 0 N–H and O–H groups in total. The van der Waals surface area contributed by atoms with E-state index in [4.69, 9.17) is 9.40 Å². The minimum Gasteiger partial charge on any atom is -0.456 e. The summed E-state index contributed by atoms with van der Waals surface area (Å²) in [6, 6.07) is 32.6. The zero-order chi connectivity index (χ0) is 20.6. The molecule has 0 aliphatic rings. The van der Waals surface area contributed by atoms with Gasteiger partial charge in [0.25, 0.3) is 0 Å².